The summed E-state index contributed by atoms with van der Waals surface area (Å²) in [5.74, 6) is 0. The van der Waals surface area contributed by atoms with Crippen LogP contribution in [0.4, 0.5) is 0 Å². The van der Waals surface area contributed by atoms with Crippen molar-refractivity contribution in [1.29, 1.82) is 0 Å². The van der Waals surface area contributed by atoms with E-state index in [1.54, 1.807) is 5.19 Å². The number of ether oxygens (including phenoxy) is 1. The van der Waals surface area contributed by atoms with Crippen LogP contribution in [0, 0.1) is 0 Å². The molecule has 156 valence electrons. The molecule has 0 spiro atoms. The Morgan fingerprint density at radius 2 is 1.52 bits per heavy atom. The molecule has 2 bridgehead atoms. The van der Waals surface area contributed by atoms with Gasteiger partial charge in [-0.05, 0) is 27.8 Å². The highest BCUT2D eigenvalue weighted by Gasteiger charge is 2.62. The quantitative estimate of drug-likeness (QED) is 0.691. The number of hydrogen-bond donors (Lipinski definition) is 1. The Labute approximate surface area is 179 Å². The molecule has 0 saturated carbocycles. The first-order valence-electron chi connectivity index (χ1n) is 10.8. The Bertz CT molecular complexity index is 993. The monoisotopic (exact) mass is 440 g/mol. The maximum absolute atomic E-state index is 10.1. The molecule has 2 aliphatic heterocycles. The van der Waals surface area contributed by atoms with Gasteiger partial charge in [0.25, 0.3) is 0 Å². The molecule has 4 rings (SSSR count). The number of aliphatic hydroxyl groups is 1. The Morgan fingerprint density at radius 3 is 2.03 bits per heavy atom. The lowest BCUT2D eigenvalue weighted by molar-refractivity contribution is 0.0470. The van der Waals surface area contributed by atoms with Gasteiger partial charge in [0, 0.05) is 0 Å². The molecule has 2 nitrogen and oxygen atoms in total. The Hall–Kier alpha value is -0.989. The molecule has 0 fully saturated rings. The lowest BCUT2D eigenvalue weighted by Crippen LogP contribution is -2.55. The van der Waals surface area contributed by atoms with Gasteiger partial charge < -0.3 is 9.84 Å². The minimum atomic E-state index is -1.83. The lowest BCUT2D eigenvalue weighted by Gasteiger charge is -2.42. The van der Waals surface area contributed by atoms with E-state index in [-0.39, 0.29) is 17.9 Å². The van der Waals surface area contributed by atoms with E-state index in [1.165, 1.54) is 27.4 Å². The predicted molar refractivity (Wildman–Crippen MR) is 132 cm³/mol. The van der Waals surface area contributed by atoms with Crippen LogP contribution in [0.1, 0.15) is 33.9 Å². The van der Waals surface area contributed by atoms with Gasteiger partial charge in [-0.15, -0.1) is 0 Å². The minimum absolute atomic E-state index is 0.0532. The van der Waals surface area contributed by atoms with E-state index in [9.17, 15) is 5.11 Å². The Balaban J connectivity index is 2.16. The second-order valence-corrected chi connectivity index (χ2v) is 27.2. The second-order valence-electron chi connectivity index (χ2n) is 12.0. The Kier molecular flexibility index (Phi) is 4.59. The van der Waals surface area contributed by atoms with Crippen LogP contribution in [-0.4, -0.2) is 29.3 Å². The molecular weight excluding hydrogens is 405 g/mol. The van der Waals surface area contributed by atoms with Gasteiger partial charge in [0.05, 0.1) is 30.8 Å². The van der Waals surface area contributed by atoms with Crippen molar-refractivity contribution in [3.63, 3.8) is 0 Å². The molecule has 0 amide bonds. The lowest BCUT2D eigenvalue weighted by atomic mass is 9.84. The number of fused-ring (bicyclic) bond motifs is 8. The summed E-state index contributed by atoms with van der Waals surface area (Å²) in [5.41, 5.74) is 6.76. The zero-order chi connectivity index (χ0) is 21.6. The van der Waals surface area contributed by atoms with E-state index in [4.69, 9.17) is 4.74 Å². The van der Waals surface area contributed by atoms with Gasteiger partial charge in [0.1, 0.15) is 11.3 Å². The fourth-order valence-corrected chi connectivity index (χ4v) is 11.5. The molecule has 2 unspecified atom stereocenters. The maximum Gasteiger partial charge on any atom is 0.109 e. The van der Waals surface area contributed by atoms with E-state index in [1.807, 2.05) is 0 Å². The topological polar surface area (TPSA) is 29.5 Å². The molecule has 0 saturated heterocycles. The summed E-state index contributed by atoms with van der Waals surface area (Å²) >= 11 is 0. The van der Waals surface area contributed by atoms with Crippen molar-refractivity contribution >= 4 is 34.6 Å². The SMILES string of the molecule is C[Si](C)(C)c1cc(CO)cc2c1C1OC2([Si](C)(C)C)c2c1cccc2[Si](C)(C)C. The maximum atomic E-state index is 10.1. The van der Waals surface area contributed by atoms with Crippen LogP contribution in [-0.2, 0) is 16.6 Å². The summed E-state index contributed by atoms with van der Waals surface area (Å²) in [7, 11) is -4.98. The molecule has 2 aromatic carbocycles. The van der Waals surface area contributed by atoms with E-state index in [0.717, 1.165) is 5.56 Å². The van der Waals surface area contributed by atoms with Gasteiger partial charge in [0.15, 0.2) is 0 Å². The van der Waals surface area contributed by atoms with E-state index in [0.29, 0.717) is 0 Å². The largest absolute Gasteiger partial charge is 0.392 e. The van der Waals surface area contributed by atoms with Crippen molar-refractivity contribution in [2.45, 2.75) is 76.9 Å². The molecule has 2 aromatic rings. The van der Waals surface area contributed by atoms with Crippen molar-refractivity contribution in [3.05, 3.63) is 58.1 Å². The highest BCUT2D eigenvalue weighted by atomic mass is 28.3. The third kappa shape index (κ3) is 2.85. The van der Waals surface area contributed by atoms with Gasteiger partial charge in [-0.25, -0.2) is 0 Å². The van der Waals surface area contributed by atoms with E-state index in [2.05, 4.69) is 89.3 Å². The first-order valence-corrected chi connectivity index (χ1v) is 21.3. The van der Waals surface area contributed by atoms with Crippen LogP contribution in [0.25, 0.3) is 0 Å². The first kappa shape index (κ1) is 21.3. The highest BCUT2D eigenvalue weighted by Crippen LogP contribution is 2.61. The van der Waals surface area contributed by atoms with Gasteiger partial charge in [0.2, 0.25) is 0 Å². The van der Waals surface area contributed by atoms with Crippen LogP contribution >= 0.6 is 0 Å². The normalized spacial score (nSPS) is 23.3. The molecule has 2 atom stereocenters. The number of benzene rings is 2. The summed E-state index contributed by atoms with van der Waals surface area (Å²) in [6.45, 7) is 22.0. The van der Waals surface area contributed by atoms with Crippen molar-refractivity contribution in [1.82, 2.24) is 0 Å². The smallest absolute Gasteiger partial charge is 0.109 e. The minimum Gasteiger partial charge on any atom is -0.392 e. The zero-order valence-electron chi connectivity index (χ0n) is 19.5. The molecular formula is C24H36O2Si3. The van der Waals surface area contributed by atoms with E-state index >= 15 is 0 Å². The average Bonchev–Trinajstić information content (AvgIpc) is 3.12. The van der Waals surface area contributed by atoms with Gasteiger partial charge in [-0.1, -0.05) is 99.6 Å². The van der Waals surface area contributed by atoms with Gasteiger partial charge >= 0.3 is 0 Å². The number of hydrogen-bond acceptors (Lipinski definition) is 2. The molecule has 2 aliphatic rings. The van der Waals surface area contributed by atoms with Crippen molar-refractivity contribution in [3.8, 4) is 0 Å². The average molecular weight is 441 g/mol. The van der Waals surface area contributed by atoms with E-state index < -0.39 is 24.2 Å². The molecule has 29 heavy (non-hydrogen) atoms. The fraction of sp³-hybridized carbons (Fsp3) is 0.500. The summed E-state index contributed by atoms with van der Waals surface area (Å²) in [4.78, 5) is 0. The van der Waals surface area contributed by atoms with Gasteiger partial charge in [-0.2, -0.15) is 0 Å². The summed E-state index contributed by atoms with van der Waals surface area (Å²) < 4.78 is 7.16. The summed E-state index contributed by atoms with van der Waals surface area (Å²) in [6.07, 6.45) is 0.0532. The van der Waals surface area contributed by atoms with Crippen LogP contribution in [0.3, 0.4) is 0 Å². The summed E-state index contributed by atoms with van der Waals surface area (Å²) in [6, 6.07) is 11.5. The molecule has 0 radical (unpaired) electrons. The molecule has 2 heterocycles. The molecule has 0 aliphatic carbocycles. The third-order valence-electron chi connectivity index (χ3n) is 6.76. The highest BCUT2D eigenvalue weighted by molar-refractivity contribution is 6.90. The molecule has 5 heteroatoms. The number of rotatable bonds is 4. The second kappa shape index (κ2) is 6.26. The van der Waals surface area contributed by atoms with Crippen molar-refractivity contribution in [2.75, 3.05) is 0 Å². The fourth-order valence-electron chi connectivity index (χ4n) is 5.47. The standard InChI is InChI=1S/C24H36O2Si3/c1-27(2,3)19-12-10-11-17-22(19)24(29(7,8)9)18-13-16(15-25)14-20(28(4,5)6)21(18)23(17)26-24/h10-14,23,25H,15H2,1-9H3. The first-order chi connectivity index (χ1) is 13.2. The number of aliphatic hydroxyl groups excluding tert-OH is 1. The van der Waals surface area contributed by atoms with Crippen molar-refractivity contribution < 1.29 is 9.84 Å². The van der Waals surface area contributed by atoms with Gasteiger partial charge in [-0.3, -0.25) is 0 Å². The third-order valence-corrected chi connectivity index (χ3v) is 13.6. The predicted octanol–water partition coefficient (Wildman–Crippen LogP) is 4.82. The molecule has 1 N–H and O–H groups in total. The van der Waals surface area contributed by atoms with Crippen LogP contribution < -0.4 is 10.4 Å². The van der Waals surface area contributed by atoms with Crippen molar-refractivity contribution in [2.24, 2.45) is 0 Å². The zero-order valence-corrected chi connectivity index (χ0v) is 22.5. The Morgan fingerprint density at radius 1 is 0.897 bits per heavy atom. The van der Waals surface area contributed by atoms with Crippen LogP contribution in [0.5, 0.6) is 0 Å². The molecule has 0 aromatic heterocycles. The summed E-state index contributed by atoms with van der Waals surface area (Å²) in [5, 5.41) is 12.8. The van der Waals surface area contributed by atoms with Crippen LogP contribution in [0.15, 0.2) is 30.3 Å². The van der Waals surface area contributed by atoms with Crippen LogP contribution in [0.2, 0.25) is 58.9 Å².